The fourth-order valence-corrected chi connectivity index (χ4v) is 2.27. The van der Waals surface area contributed by atoms with E-state index in [9.17, 15) is 14.4 Å². The van der Waals surface area contributed by atoms with Crippen molar-refractivity contribution in [3.05, 3.63) is 35.4 Å². The molecule has 0 aromatic heterocycles. The first-order valence-electron chi connectivity index (χ1n) is 7.59. The molecule has 1 heterocycles. The number of hydrogen-bond donors (Lipinski definition) is 2. The zero-order valence-electron chi connectivity index (χ0n) is 13.6. The van der Waals surface area contributed by atoms with Crippen molar-refractivity contribution in [1.82, 2.24) is 10.6 Å². The Kier molecular flexibility index (Phi) is 5.03. The Morgan fingerprint density at radius 1 is 1.22 bits per heavy atom. The van der Waals surface area contributed by atoms with Gasteiger partial charge in [-0.25, -0.2) is 0 Å². The summed E-state index contributed by atoms with van der Waals surface area (Å²) in [6.07, 6.45) is 0.175. The molecule has 2 N–H and O–H groups in total. The standard InChI is InChI=1S/C17H22N2O4/c1-17(2,3)12-6-4-11(5-7-12)16(22)18-9-14(20)19-13-8-15(21)23-10-13/h4-7,13H,8-10H2,1-3H3,(H,18,22)(H,19,20)/t13-/m0/s1. The number of ether oxygens (including phenoxy) is 1. The van der Waals surface area contributed by atoms with Crippen LogP contribution in [0.5, 0.6) is 0 Å². The van der Waals surface area contributed by atoms with Crippen LogP contribution in [-0.4, -0.2) is 37.0 Å². The van der Waals surface area contributed by atoms with Crippen LogP contribution in [0.1, 0.15) is 43.1 Å². The number of nitrogens with one attached hydrogen (secondary N) is 2. The Hall–Kier alpha value is -2.37. The van der Waals surface area contributed by atoms with Crippen molar-refractivity contribution in [2.45, 2.75) is 38.6 Å². The van der Waals surface area contributed by atoms with Crippen LogP contribution in [-0.2, 0) is 19.7 Å². The molecule has 6 nitrogen and oxygen atoms in total. The van der Waals surface area contributed by atoms with Gasteiger partial charge in [-0.15, -0.1) is 0 Å². The van der Waals surface area contributed by atoms with Crippen LogP contribution in [0.2, 0.25) is 0 Å². The first-order chi connectivity index (χ1) is 10.8. The number of carbonyl (C=O) groups is 3. The molecule has 2 amide bonds. The first kappa shape index (κ1) is 17.0. The van der Waals surface area contributed by atoms with E-state index in [1.807, 2.05) is 12.1 Å². The van der Waals surface area contributed by atoms with E-state index in [1.165, 1.54) is 0 Å². The van der Waals surface area contributed by atoms with Gasteiger partial charge in [0.05, 0.1) is 19.0 Å². The predicted molar refractivity (Wildman–Crippen MR) is 85.0 cm³/mol. The van der Waals surface area contributed by atoms with E-state index in [0.717, 1.165) is 5.56 Å². The molecule has 6 heteroatoms. The number of amides is 2. The van der Waals surface area contributed by atoms with Gasteiger partial charge in [-0.05, 0) is 23.1 Å². The minimum atomic E-state index is -0.340. The molecular weight excluding hydrogens is 296 g/mol. The normalized spacial score (nSPS) is 17.5. The molecule has 0 spiro atoms. The molecule has 124 valence electrons. The Morgan fingerprint density at radius 2 is 1.87 bits per heavy atom. The summed E-state index contributed by atoms with van der Waals surface area (Å²) in [5, 5.41) is 5.21. The first-order valence-corrected chi connectivity index (χ1v) is 7.59. The van der Waals surface area contributed by atoms with Crippen LogP contribution in [0.15, 0.2) is 24.3 Å². The highest BCUT2D eigenvalue weighted by Gasteiger charge is 2.25. The zero-order chi connectivity index (χ0) is 17.0. The van der Waals surface area contributed by atoms with Gasteiger partial charge in [0.2, 0.25) is 5.91 Å². The largest absolute Gasteiger partial charge is 0.463 e. The lowest BCUT2D eigenvalue weighted by molar-refractivity contribution is -0.138. The van der Waals surface area contributed by atoms with Gasteiger partial charge in [-0.1, -0.05) is 32.9 Å². The van der Waals surface area contributed by atoms with Gasteiger partial charge in [-0.2, -0.15) is 0 Å². The second-order valence-electron chi connectivity index (χ2n) is 6.66. The Bertz CT molecular complexity index is 602. The van der Waals surface area contributed by atoms with Crippen LogP contribution < -0.4 is 10.6 Å². The minimum Gasteiger partial charge on any atom is -0.463 e. The number of carbonyl (C=O) groups excluding carboxylic acids is 3. The second-order valence-corrected chi connectivity index (χ2v) is 6.66. The van der Waals surface area contributed by atoms with Crippen LogP contribution >= 0.6 is 0 Å². The Labute approximate surface area is 135 Å². The van der Waals surface area contributed by atoms with E-state index in [-0.39, 0.29) is 48.8 Å². The van der Waals surface area contributed by atoms with Gasteiger partial charge >= 0.3 is 5.97 Å². The number of rotatable bonds is 4. The monoisotopic (exact) mass is 318 g/mol. The summed E-state index contributed by atoms with van der Waals surface area (Å²) >= 11 is 0. The summed E-state index contributed by atoms with van der Waals surface area (Å²) in [4.78, 5) is 34.7. The van der Waals surface area contributed by atoms with Crippen molar-refractivity contribution in [2.24, 2.45) is 0 Å². The quantitative estimate of drug-likeness (QED) is 0.816. The second kappa shape index (κ2) is 6.81. The Balaban J connectivity index is 1.82. The van der Waals surface area contributed by atoms with Crippen LogP contribution in [0.4, 0.5) is 0 Å². The molecule has 1 aliphatic heterocycles. The third kappa shape index (κ3) is 4.81. The van der Waals surface area contributed by atoms with E-state index in [2.05, 4.69) is 31.4 Å². The molecule has 1 fully saturated rings. The maximum Gasteiger partial charge on any atom is 0.308 e. The molecule has 0 saturated carbocycles. The lowest BCUT2D eigenvalue weighted by Gasteiger charge is -2.19. The average molecular weight is 318 g/mol. The van der Waals surface area contributed by atoms with Crippen molar-refractivity contribution in [3.8, 4) is 0 Å². The number of cyclic esters (lactones) is 1. The van der Waals surface area contributed by atoms with Crippen LogP contribution in [0.25, 0.3) is 0 Å². The van der Waals surface area contributed by atoms with Crippen molar-refractivity contribution in [2.75, 3.05) is 13.2 Å². The maximum atomic E-state index is 12.0. The molecule has 1 aromatic rings. The molecular formula is C17H22N2O4. The molecule has 0 unspecified atom stereocenters. The topological polar surface area (TPSA) is 84.5 Å². The molecule has 1 aliphatic rings. The summed E-state index contributed by atoms with van der Waals surface area (Å²) < 4.78 is 4.76. The van der Waals surface area contributed by atoms with Gasteiger partial charge < -0.3 is 15.4 Å². The summed E-state index contributed by atoms with van der Waals surface area (Å²) in [5.41, 5.74) is 1.67. The van der Waals surface area contributed by atoms with E-state index in [1.54, 1.807) is 12.1 Å². The molecule has 2 rings (SSSR count). The van der Waals surface area contributed by atoms with Gasteiger partial charge in [-0.3, -0.25) is 14.4 Å². The number of esters is 1. The highest BCUT2D eigenvalue weighted by atomic mass is 16.5. The number of benzene rings is 1. The van der Waals surface area contributed by atoms with E-state index in [0.29, 0.717) is 5.56 Å². The molecule has 23 heavy (non-hydrogen) atoms. The van der Waals surface area contributed by atoms with Crippen LogP contribution in [0.3, 0.4) is 0 Å². The fourth-order valence-electron chi connectivity index (χ4n) is 2.27. The smallest absolute Gasteiger partial charge is 0.308 e. The van der Waals surface area contributed by atoms with E-state index < -0.39 is 0 Å². The fraction of sp³-hybridized carbons (Fsp3) is 0.471. The van der Waals surface area contributed by atoms with Crippen molar-refractivity contribution in [1.29, 1.82) is 0 Å². The van der Waals surface area contributed by atoms with Gasteiger partial charge in [0.15, 0.2) is 0 Å². The molecule has 0 aliphatic carbocycles. The van der Waals surface area contributed by atoms with Gasteiger partial charge in [0.25, 0.3) is 5.91 Å². The Morgan fingerprint density at radius 3 is 2.39 bits per heavy atom. The van der Waals surface area contributed by atoms with Crippen molar-refractivity contribution in [3.63, 3.8) is 0 Å². The number of hydrogen-bond acceptors (Lipinski definition) is 4. The SMILES string of the molecule is CC(C)(C)c1ccc(C(=O)NCC(=O)N[C@@H]2COC(=O)C2)cc1. The van der Waals surface area contributed by atoms with E-state index >= 15 is 0 Å². The summed E-state index contributed by atoms with van der Waals surface area (Å²) in [5.74, 6) is -0.967. The van der Waals surface area contributed by atoms with Crippen molar-refractivity contribution >= 4 is 17.8 Å². The summed E-state index contributed by atoms with van der Waals surface area (Å²) in [6.45, 7) is 6.36. The lowest BCUT2D eigenvalue weighted by Crippen LogP contribution is -2.42. The zero-order valence-corrected chi connectivity index (χ0v) is 13.6. The van der Waals surface area contributed by atoms with Gasteiger partial charge in [0, 0.05) is 5.56 Å². The third-order valence-electron chi connectivity index (χ3n) is 3.65. The third-order valence-corrected chi connectivity index (χ3v) is 3.65. The summed E-state index contributed by atoms with van der Waals surface area (Å²) in [7, 11) is 0. The molecule has 1 saturated heterocycles. The van der Waals surface area contributed by atoms with Gasteiger partial charge in [0.1, 0.15) is 6.61 Å². The van der Waals surface area contributed by atoms with Crippen LogP contribution in [0, 0.1) is 0 Å². The lowest BCUT2D eigenvalue weighted by atomic mass is 9.87. The van der Waals surface area contributed by atoms with E-state index in [4.69, 9.17) is 4.74 Å². The predicted octanol–water partition coefficient (Wildman–Crippen LogP) is 1.15. The molecule has 0 bridgehead atoms. The molecule has 1 atom stereocenters. The highest BCUT2D eigenvalue weighted by molar-refractivity contribution is 5.96. The maximum absolute atomic E-state index is 12.0. The molecule has 1 aromatic carbocycles. The average Bonchev–Trinajstić information content (AvgIpc) is 2.89. The molecule has 0 radical (unpaired) electrons. The minimum absolute atomic E-state index is 0.0235. The van der Waals surface area contributed by atoms with Crippen molar-refractivity contribution < 1.29 is 19.1 Å². The summed E-state index contributed by atoms with van der Waals surface area (Å²) in [6, 6.07) is 7.01. The highest BCUT2D eigenvalue weighted by Crippen LogP contribution is 2.22.